The van der Waals surface area contributed by atoms with Gasteiger partial charge >= 0.3 is 0 Å². The molecular formula is C140H85B3O6. The zero-order chi connectivity index (χ0) is 97.8. The zero-order valence-electron chi connectivity index (χ0n) is 80.8. The first-order valence-corrected chi connectivity index (χ1v) is 51.2. The van der Waals surface area contributed by atoms with Crippen LogP contribution in [0.15, 0.2) is 516 Å². The Bertz CT molecular complexity index is 9900. The van der Waals surface area contributed by atoms with Gasteiger partial charge in [0.1, 0.15) is 69.0 Å². The Morgan fingerprint density at radius 3 is 0.664 bits per heavy atom. The van der Waals surface area contributed by atoms with Gasteiger partial charge in [-0.1, -0.05) is 419 Å². The summed E-state index contributed by atoms with van der Waals surface area (Å²) in [5.74, 6) is 10.6. The van der Waals surface area contributed by atoms with Crippen molar-refractivity contribution in [3.8, 4) is 169 Å². The Kier molecular flexibility index (Phi) is 20.0. The molecule has 6 nitrogen and oxygen atoms in total. The maximum absolute atomic E-state index is 6.61. The minimum Gasteiger partial charge on any atom is -0.458 e. The van der Waals surface area contributed by atoms with Crippen LogP contribution in [0.1, 0.15) is 0 Å². The highest BCUT2D eigenvalue weighted by atomic mass is 16.5. The predicted molar refractivity (Wildman–Crippen MR) is 621 cm³/mol. The zero-order valence-corrected chi connectivity index (χ0v) is 80.8. The highest BCUT2D eigenvalue weighted by Gasteiger charge is 2.44. The van der Waals surface area contributed by atoms with Crippen molar-refractivity contribution >= 4 is 155 Å². The van der Waals surface area contributed by atoms with Crippen molar-refractivity contribution < 1.29 is 28.4 Å². The lowest BCUT2D eigenvalue weighted by Gasteiger charge is -2.33. The van der Waals surface area contributed by atoms with Crippen LogP contribution < -0.4 is 77.6 Å². The molecule has 0 saturated carbocycles. The highest BCUT2D eigenvalue weighted by Crippen LogP contribution is 2.51. The van der Waals surface area contributed by atoms with E-state index < -0.39 is 0 Å². The van der Waals surface area contributed by atoms with Gasteiger partial charge < -0.3 is 28.4 Å². The van der Waals surface area contributed by atoms with Crippen LogP contribution in [0.5, 0.6) is 69.0 Å². The molecule has 0 aliphatic carbocycles. The summed E-state index contributed by atoms with van der Waals surface area (Å²) < 4.78 is 38.6. The van der Waals surface area contributed by atoms with Crippen LogP contribution in [0.4, 0.5) is 0 Å². The minimum absolute atomic E-state index is 0.0509. The van der Waals surface area contributed by atoms with Crippen molar-refractivity contribution in [1.29, 1.82) is 0 Å². The van der Waals surface area contributed by atoms with Crippen molar-refractivity contribution in [1.82, 2.24) is 0 Å². The lowest BCUT2D eigenvalue weighted by Crippen LogP contribution is -2.57. The number of para-hydroxylation sites is 3. The van der Waals surface area contributed by atoms with E-state index in [1.54, 1.807) is 0 Å². The van der Waals surface area contributed by atoms with Crippen LogP contribution in [0.3, 0.4) is 0 Å². The molecule has 26 aromatic carbocycles. The van der Waals surface area contributed by atoms with Gasteiger partial charge in [-0.15, -0.1) is 0 Å². The van der Waals surface area contributed by atoms with Crippen molar-refractivity contribution in [2.75, 3.05) is 0 Å². The fourth-order valence-electron chi connectivity index (χ4n) is 24.7. The van der Waals surface area contributed by atoms with E-state index in [0.717, 1.165) is 130 Å². The number of rotatable bonds is 9. The number of ether oxygens (including phenoxy) is 6. The highest BCUT2D eigenvalue weighted by molar-refractivity contribution is 6.99. The molecule has 0 saturated heterocycles. The molecule has 26 aromatic rings. The third-order valence-corrected chi connectivity index (χ3v) is 31.3. The topological polar surface area (TPSA) is 55.4 Å². The van der Waals surface area contributed by atoms with Crippen molar-refractivity contribution in [3.05, 3.63) is 516 Å². The SMILES string of the molecule is c1ccc(-c2c3ccccc3c(-c3ccc(-c4ccc5c(c4)B4c6ccccc6Oc6cccc(c64)O5)cc3)c3ccccc23)cc1.c1ccc(-c2c3ccccc3c(-c3ccc4cc(-c5ccc6c(c5)Oc5cccc7c5B6c5ccccc5O7)ccc4c3)c3ccccc23)cc1.c1ccc(-c2c3ccccc3c(-c3ccc4ccc(-c5ccc6c(c5)Oc5cccc7c5B6c5ccccc5O7)cc4c3)c3ccccc23)cc1. The number of benzene rings is 26. The average Bonchev–Trinajstić information content (AvgIpc) is 0.728. The first kappa shape index (κ1) is 85.4. The Morgan fingerprint density at radius 2 is 0.315 bits per heavy atom. The van der Waals surface area contributed by atoms with Gasteiger partial charge in [0.2, 0.25) is 0 Å². The fourth-order valence-corrected chi connectivity index (χ4v) is 24.7. The molecule has 0 spiro atoms. The van der Waals surface area contributed by atoms with E-state index >= 15 is 0 Å². The van der Waals surface area contributed by atoms with Crippen LogP contribution in [-0.2, 0) is 0 Å². The summed E-state index contributed by atoms with van der Waals surface area (Å²) in [5.41, 5.74) is 32.3. The molecule has 149 heavy (non-hydrogen) atoms. The van der Waals surface area contributed by atoms with Crippen molar-refractivity contribution in [3.63, 3.8) is 0 Å². The van der Waals surface area contributed by atoms with E-state index in [4.69, 9.17) is 28.4 Å². The molecule has 9 heteroatoms. The van der Waals surface area contributed by atoms with Crippen molar-refractivity contribution in [2.24, 2.45) is 0 Å². The van der Waals surface area contributed by atoms with Crippen LogP contribution in [0.25, 0.3) is 186 Å². The van der Waals surface area contributed by atoms with Crippen LogP contribution in [0.2, 0.25) is 0 Å². The summed E-state index contributed by atoms with van der Waals surface area (Å²) in [6.45, 7) is 0.189. The summed E-state index contributed by atoms with van der Waals surface area (Å²) >= 11 is 0. The molecule has 0 atom stereocenters. The molecule has 6 aliphatic rings. The number of hydrogen-bond acceptors (Lipinski definition) is 6. The van der Waals surface area contributed by atoms with E-state index in [0.29, 0.717) is 0 Å². The largest absolute Gasteiger partial charge is 0.458 e. The van der Waals surface area contributed by atoms with Gasteiger partial charge in [-0.25, -0.2) is 0 Å². The lowest BCUT2D eigenvalue weighted by atomic mass is 9.35. The molecule has 0 unspecified atom stereocenters. The summed E-state index contributed by atoms with van der Waals surface area (Å²) in [6, 6.07) is 185. The summed E-state index contributed by atoms with van der Waals surface area (Å²) in [4.78, 5) is 0. The Balaban J connectivity index is 0.000000103. The van der Waals surface area contributed by atoms with Crippen LogP contribution in [-0.4, -0.2) is 20.1 Å². The van der Waals surface area contributed by atoms with Crippen LogP contribution in [0, 0.1) is 0 Å². The van der Waals surface area contributed by atoms with E-state index in [9.17, 15) is 0 Å². The van der Waals surface area contributed by atoms with Gasteiger partial charge in [0.15, 0.2) is 0 Å². The van der Waals surface area contributed by atoms with Gasteiger partial charge in [0.25, 0.3) is 20.1 Å². The van der Waals surface area contributed by atoms with Gasteiger partial charge in [-0.2, -0.15) is 0 Å². The van der Waals surface area contributed by atoms with Gasteiger partial charge in [-0.3, -0.25) is 0 Å². The van der Waals surface area contributed by atoms with Crippen molar-refractivity contribution in [2.45, 2.75) is 0 Å². The van der Waals surface area contributed by atoms with Gasteiger partial charge in [-0.05, 0) is 316 Å². The normalized spacial score (nSPS) is 12.6. The minimum atomic E-state index is 0.0509. The summed E-state index contributed by atoms with van der Waals surface area (Å²) in [6.07, 6.45) is 0. The van der Waals surface area contributed by atoms with E-state index in [1.807, 2.05) is 66.7 Å². The van der Waals surface area contributed by atoms with Gasteiger partial charge in [0, 0.05) is 16.4 Å². The maximum Gasteiger partial charge on any atom is 0.260 e. The smallest absolute Gasteiger partial charge is 0.260 e. The van der Waals surface area contributed by atoms with E-state index in [-0.39, 0.29) is 20.1 Å². The second-order valence-electron chi connectivity index (χ2n) is 39.5. The molecule has 6 aliphatic heterocycles. The average molecular weight is 1900 g/mol. The van der Waals surface area contributed by atoms with Crippen LogP contribution >= 0.6 is 0 Å². The second kappa shape index (κ2) is 34.8. The summed E-state index contributed by atoms with van der Waals surface area (Å²) in [5, 5.41) is 20.0. The first-order valence-electron chi connectivity index (χ1n) is 51.2. The lowest BCUT2D eigenvalue weighted by molar-refractivity contribution is 0.464. The summed E-state index contributed by atoms with van der Waals surface area (Å²) in [7, 11) is 0. The second-order valence-corrected chi connectivity index (χ2v) is 39.5. The quantitative estimate of drug-likeness (QED) is 0.106. The van der Waals surface area contributed by atoms with E-state index in [1.165, 1.54) is 175 Å². The Labute approximate surface area is 862 Å². The third-order valence-electron chi connectivity index (χ3n) is 31.3. The molecule has 0 radical (unpaired) electrons. The monoisotopic (exact) mass is 1890 g/mol. The molecule has 0 aromatic heterocycles. The number of hydrogen-bond donors (Lipinski definition) is 0. The molecule has 6 heterocycles. The first-order chi connectivity index (χ1) is 73.9. The molecule has 0 fully saturated rings. The maximum atomic E-state index is 6.61. The Morgan fingerprint density at radius 1 is 0.107 bits per heavy atom. The molecule has 0 bridgehead atoms. The standard InChI is InChI=1S/2C48H29BO2.C44H27BO2/c1-2-11-31(12-3-1)46-36-13-4-6-15-38(36)47(39-16-7-5-14-37(39)46)34-24-22-30-21-23-32(27-35(30)28-34)33-25-26-41-45(29-33)51-44-20-10-19-43-48(44)49(41)40-17-8-9-18-42(40)50-43;1-2-11-30(12-3-1)46-36-13-4-6-15-38(36)47(39-16-7-5-14-37(39)46)35-24-23-31-27-32(21-22-33(31)28-35)34-25-26-41-45(29-34)51-44-20-10-19-43-48(44)49(41)40-17-8-9-18-42(40)50-43;1-2-11-29(12-3-1)42-32-13-4-6-15-34(32)43(35-16-7-5-14-33(35)42)30-23-21-28(22-24-30)31-25-26-39-37(27-31)45-36-17-8-9-18-38(36)46-40-19-10-20-41(47-39)44(40)45/h2*1-29H;1-27H. The van der Waals surface area contributed by atoms with Gasteiger partial charge in [0.05, 0.1) is 0 Å². The third kappa shape index (κ3) is 14.1. The van der Waals surface area contributed by atoms with E-state index in [2.05, 4.69) is 449 Å². The molecule has 0 N–H and O–H groups in total. The molecular weight excluding hydrogens is 1810 g/mol. The molecule has 690 valence electrons. The Hall–Kier alpha value is -19.2. The number of fused-ring (bicyclic) bond motifs is 20. The molecule has 32 rings (SSSR count). The predicted octanol–water partition coefficient (Wildman–Crippen LogP) is 31.5. The fraction of sp³-hybridized carbons (Fsp3) is 0. The molecule has 0 amide bonds.